The van der Waals surface area contributed by atoms with Gasteiger partial charge >= 0.3 is 12.4 Å². The normalized spacial score (nSPS) is 34.2. The number of amides is 1. The number of hydrogen-bond acceptors (Lipinski definition) is 2. The fraction of sp³-hybridized carbons (Fsp3) is 0.643. The van der Waals surface area contributed by atoms with E-state index in [4.69, 9.17) is 0 Å². The molecule has 4 aliphatic rings. The van der Waals surface area contributed by atoms with E-state index in [1.165, 1.54) is 24.3 Å². The molecule has 0 bridgehead atoms. The summed E-state index contributed by atoms with van der Waals surface area (Å²) < 4.78 is 90.2. The first kappa shape index (κ1) is 26.3. The van der Waals surface area contributed by atoms with Crippen LogP contribution in [0, 0.1) is 34.0 Å². The summed E-state index contributed by atoms with van der Waals surface area (Å²) in [4.78, 5) is 25.5. The van der Waals surface area contributed by atoms with E-state index < -0.39 is 40.4 Å². The van der Waals surface area contributed by atoms with Gasteiger partial charge in [0.25, 0.3) is 0 Å². The summed E-state index contributed by atoms with van der Waals surface area (Å²) >= 11 is 0. The average Bonchev–Trinajstić information content (AvgIpc) is 3.23. The van der Waals surface area contributed by atoms with Gasteiger partial charge in [0.2, 0.25) is 11.3 Å². The third-order valence-corrected chi connectivity index (χ3v) is 10.3. The predicted molar refractivity (Wildman–Crippen MR) is 125 cm³/mol. The van der Waals surface area contributed by atoms with Crippen molar-refractivity contribution in [2.45, 2.75) is 77.1 Å². The minimum atomic E-state index is -5.83. The second-order valence-electron chi connectivity index (χ2n) is 11.6. The molecule has 202 valence electrons. The van der Waals surface area contributed by atoms with Crippen LogP contribution < -0.4 is 5.32 Å². The smallest absolute Gasteiger partial charge is 0.325 e. The molecule has 0 saturated heterocycles. The van der Waals surface area contributed by atoms with Crippen LogP contribution in [0.1, 0.15) is 64.7 Å². The lowest BCUT2D eigenvalue weighted by molar-refractivity contribution is -0.370. The Morgan fingerprint density at radius 2 is 1.57 bits per heavy atom. The fourth-order valence-corrected chi connectivity index (χ4v) is 8.82. The largest absolute Gasteiger partial charge is 0.412 e. The van der Waals surface area contributed by atoms with Crippen LogP contribution in [0.2, 0.25) is 0 Å². The van der Waals surface area contributed by atoms with E-state index in [9.17, 15) is 9.59 Å². The van der Waals surface area contributed by atoms with Crippen molar-refractivity contribution < 1.29 is 35.9 Å². The maximum absolute atomic E-state index is 15.0. The van der Waals surface area contributed by atoms with Gasteiger partial charge in [-0.25, -0.2) is 0 Å². The highest BCUT2D eigenvalue weighted by Crippen LogP contribution is 2.75. The molecule has 5 rings (SSSR count). The highest BCUT2D eigenvalue weighted by molar-refractivity contribution is 5.97. The molecule has 0 spiro atoms. The average molecular weight is 528 g/mol. The van der Waals surface area contributed by atoms with Gasteiger partial charge in [-0.3, -0.25) is 9.59 Å². The Kier molecular flexibility index (Phi) is 6.11. The number of ketones is 1. The number of anilines is 1. The van der Waals surface area contributed by atoms with E-state index in [1.807, 2.05) is 12.2 Å². The summed E-state index contributed by atoms with van der Waals surface area (Å²) in [7, 11) is 0. The molecule has 9 heteroatoms. The highest BCUT2D eigenvalue weighted by Gasteiger charge is 2.85. The number of benzene rings is 1. The van der Waals surface area contributed by atoms with Crippen molar-refractivity contribution in [3.05, 3.63) is 42.0 Å². The van der Waals surface area contributed by atoms with Crippen molar-refractivity contribution in [1.82, 2.24) is 0 Å². The van der Waals surface area contributed by atoms with Gasteiger partial charge in [0.05, 0.1) is 0 Å². The SMILES string of the molecule is C[C@]12CCC(=O)C=C1CC[C@H]1[C@@H]3CCC[C@@]3(C(C(=O)Nc3ccccc3)(C(F)(F)F)C(F)(F)F)CC[C@@H]12. The van der Waals surface area contributed by atoms with Crippen LogP contribution in [0.25, 0.3) is 0 Å². The number of carbonyl (C=O) groups is 2. The van der Waals surface area contributed by atoms with Crippen LogP contribution in [0.15, 0.2) is 42.0 Å². The Balaban J connectivity index is 1.63. The van der Waals surface area contributed by atoms with Gasteiger partial charge in [0, 0.05) is 17.5 Å². The van der Waals surface area contributed by atoms with E-state index in [0.717, 1.165) is 5.57 Å². The van der Waals surface area contributed by atoms with Crippen molar-refractivity contribution in [3.8, 4) is 0 Å². The fourth-order valence-electron chi connectivity index (χ4n) is 8.82. The molecule has 0 radical (unpaired) electrons. The van der Waals surface area contributed by atoms with Gasteiger partial charge in [0.1, 0.15) is 0 Å². The molecule has 0 heterocycles. The number of alkyl halides is 6. The van der Waals surface area contributed by atoms with E-state index in [1.54, 1.807) is 12.1 Å². The lowest BCUT2D eigenvalue weighted by atomic mass is 9.42. The van der Waals surface area contributed by atoms with Crippen molar-refractivity contribution in [1.29, 1.82) is 0 Å². The van der Waals surface area contributed by atoms with E-state index in [0.29, 0.717) is 25.7 Å². The molecule has 1 aromatic carbocycles. The molecule has 3 fully saturated rings. The molecular weight excluding hydrogens is 496 g/mol. The summed E-state index contributed by atoms with van der Waals surface area (Å²) in [5, 5.41) is 2.00. The quantitative estimate of drug-likeness (QED) is 0.411. The Morgan fingerprint density at radius 1 is 0.892 bits per heavy atom. The lowest BCUT2D eigenvalue weighted by Gasteiger charge is -2.61. The number of nitrogens with one attached hydrogen (secondary N) is 1. The third kappa shape index (κ3) is 3.62. The second-order valence-corrected chi connectivity index (χ2v) is 11.6. The minimum Gasteiger partial charge on any atom is -0.325 e. The first-order valence-electron chi connectivity index (χ1n) is 13.0. The maximum Gasteiger partial charge on any atom is 0.412 e. The zero-order chi connectivity index (χ0) is 26.9. The Hall–Kier alpha value is -2.32. The minimum absolute atomic E-state index is 0.0303. The zero-order valence-corrected chi connectivity index (χ0v) is 20.6. The van der Waals surface area contributed by atoms with Crippen LogP contribution in [0.3, 0.4) is 0 Å². The Bertz CT molecular complexity index is 1100. The molecule has 0 aromatic heterocycles. The summed E-state index contributed by atoms with van der Waals surface area (Å²) in [5.74, 6) is -3.35. The molecule has 4 aliphatic carbocycles. The molecule has 1 amide bonds. The number of rotatable bonds is 3. The van der Waals surface area contributed by atoms with Gasteiger partial charge in [-0.05, 0) is 86.3 Å². The monoisotopic (exact) mass is 527 g/mol. The molecule has 1 aromatic rings. The van der Waals surface area contributed by atoms with Crippen molar-refractivity contribution in [2.24, 2.45) is 34.0 Å². The summed E-state index contributed by atoms with van der Waals surface area (Å²) in [5.41, 5.74) is -6.32. The maximum atomic E-state index is 15.0. The first-order chi connectivity index (χ1) is 17.3. The van der Waals surface area contributed by atoms with Crippen LogP contribution in [-0.4, -0.2) is 24.0 Å². The van der Waals surface area contributed by atoms with Crippen LogP contribution >= 0.6 is 0 Å². The molecule has 5 atom stereocenters. The van der Waals surface area contributed by atoms with Crippen LogP contribution in [0.4, 0.5) is 32.0 Å². The van der Waals surface area contributed by atoms with E-state index in [-0.39, 0.29) is 55.4 Å². The topological polar surface area (TPSA) is 46.2 Å². The Morgan fingerprint density at radius 3 is 2.22 bits per heavy atom. The van der Waals surface area contributed by atoms with Crippen molar-refractivity contribution in [3.63, 3.8) is 0 Å². The van der Waals surface area contributed by atoms with Gasteiger partial charge < -0.3 is 5.32 Å². The first-order valence-corrected chi connectivity index (χ1v) is 13.0. The van der Waals surface area contributed by atoms with E-state index in [2.05, 4.69) is 0 Å². The third-order valence-electron chi connectivity index (χ3n) is 10.3. The molecular formula is C28H31F6NO2. The number of hydrogen-bond donors (Lipinski definition) is 1. The van der Waals surface area contributed by atoms with Crippen molar-refractivity contribution in [2.75, 3.05) is 5.32 Å². The van der Waals surface area contributed by atoms with E-state index >= 15 is 26.3 Å². The van der Waals surface area contributed by atoms with Crippen molar-refractivity contribution >= 4 is 17.4 Å². The molecule has 3 saturated carbocycles. The van der Waals surface area contributed by atoms with Crippen LogP contribution in [-0.2, 0) is 9.59 Å². The van der Waals surface area contributed by atoms with Crippen LogP contribution in [0.5, 0.6) is 0 Å². The standard InChI is InChI=1S/C28H31F6NO2/c1-24-14-11-19(36)16-17(24)9-10-20-21(24)12-15-25(13-5-8-22(20)25)26(27(29,30)31,28(32,33)34)23(37)35-18-6-3-2-4-7-18/h2-4,6-7,16,20-22H,5,8-15H2,1H3,(H,35,37)/t20-,21+,22+,24+,25-/m1/s1. The number of para-hydroxylation sites is 1. The second kappa shape index (κ2) is 8.60. The summed E-state index contributed by atoms with van der Waals surface area (Å²) in [6.07, 6.45) is -8.15. The van der Waals surface area contributed by atoms with Gasteiger partial charge in [-0.2, -0.15) is 26.3 Å². The molecule has 0 unspecified atom stereocenters. The number of allylic oxidation sites excluding steroid dienone is 1. The summed E-state index contributed by atoms with van der Waals surface area (Å²) in [6, 6.07) is 7.04. The van der Waals surface area contributed by atoms with Gasteiger partial charge in [-0.15, -0.1) is 0 Å². The highest BCUT2D eigenvalue weighted by atomic mass is 19.4. The van der Waals surface area contributed by atoms with Gasteiger partial charge in [-0.1, -0.05) is 37.1 Å². The predicted octanol–water partition coefficient (Wildman–Crippen LogP) is 7.64. The molecule has 37 heavy (non-hydrogen) atoms. The number of fused-ring (bicyclic) bond motifs is 5. The number of halogens is 6. The molecule has 0 aliphatic heterocycles. The summed E-state index contributed by atoms with van der Waals surface area (Å²) in [6.45, 7) is 2.02. The zero-order valence-electron chi connectivity index (χ0n) is 20.6. The molecule has 3 nitrogen and oxygen atoms in total. The number of carbonyl (C=O) groups excluding carboxylic acids is 2. The van der Waals surface area contributed by atoms with Gasteiger partial charge in [0.15, 0.2) is 5.78 Å². The molecule has 1 N–H and O–H groups in total. The Labute approximate surface area is 212 Å². The lowest BCUT2D eigenvalue weighted by Crippen LogP contribution is -2.70.